The molecule has 1 aliphatic heterocycles. The van der Waals surface area contributed by atoms with Crippen molar-refractivity contribution in [3.05, 3.63) is 56.6 Å². The van der Waals surface area contributed by atoms with Crippen molar-refractivity contribution in [2.24, 2.45) is 0 Å². The smallest absolute Gasteiger partial charge is 0.295 e. The largest absolute Gasteiger partial charge is 0.493 e. The van der Waals surface area contributed by atoms with E-state index in [-0.39, 0.29) is 22.7 Å². The fourth-order valence-corrected chi connectivity index (χ4v) is 4.38. The van der Waals surface area contributed by atoms with Crippen molar-refractivity contribution >= 4 is 38.7 Å². The molecule has 39 heavy (non-hydrogen) atoms. The Kier molecular flexibility index (Phi) is 15.0. The normalized spacial score (nSPS) is 14.5. The highest BCUT2D eigenvalue weighted by Gasteiger charge is 2.14. The molecule has 1 aliphatic carbocycles. The number of alkyl halides is 1. The number of nitro benzene ring substituents is 2. The van der Waals surface area contributed by atoms with E-state index in [1.807, 2.05) is 0 Å². The molecular weight excluding hydrogens is 570 g/mol. The SMILES string of the molecule is C1CCCC1.Nc1ccc(OCCCBr)cc1[N+](=O)[O-].Nc1ccc(OCCCN2CCCC2)cc1[N+](=O)[O-]. The first-order valence-corrected chi connectivity index (χ1v) is 14.6. The fourth-order valence-electron chi connectivity index (χ4n) is 4.16. The van der Waals surface area contributed by atoms with Gasteiger partial charge in [-0.05, 0) is 63.0 Å². The van der Waals surface area contributed by atoms with Crippen molar-refractivity contribution in [2.75, 3.05) is 49.6 Å². The minimum atomic E-state index is -0.521. The van der Waals surface area contributed by atoms with Crippen LogP contribution in [0.3, 0.4) is 0 Å². The van der Waals surface area contributed by atoms with Gasteiger partial charge in [-0.15, -0.1) is 0 Å². The van der Waals surface area contributed by atoms with Gasteiger partial charge in [-0.2, -0.15) is 0 Å². The van der Waals surface area contributed by atoms with Crippen molar-refractivity contribution < 1.29 is 19.3 Å². The number of nitrogens with zero attached hydrogens (tertiary/aromatic N) is 3. The highest BCUT2D eigenvalue weighted by molar-refractivity contribution is 9.09. The Hall–Kier alpha value is -3.12. The van der Waals surface area contributed by atoms with E-state index in [0.717, 1.165) is 24.7 Å². The number of ether oxygens (including phenoxy) is 2. The van der Waals surface area contributed by atoms with Crippen molar-refractivity contribution in [3.63, 3.8) is 0 Å². The lowest BCUT2D eigenvalue weighted by atomic mass is 10.2. The van der Waals surface area contributed by atoms with Gasteiger partial charge in [-0.1, -0.05) is 48.0 Å². The summed E-state index contributed by atoms with van der Waals surface area (Å²) in [5, 5.41) is 22.1. The van der Waals surface area contributed by atoms with Gasteiger partial charge in [0.05, 0.1) is 35.2 Å². The molecule has 4 N–H and O–H groups in total. The summed E-state index contributed by atoms with van der Waals surface area (Å²) in [6.45, 7) is 4.46. The quantitative estimate of drug-likeness (QED) is 0.0974. The summed E-state index contributed by atoms with van der Waals surface area (Å²) < 4.78 is 10.8. The second-order valence-corrected chi connectivity index (χ2v) is 10.2. The molecule has 4 rings (SSSR count). The van der Waals surface area contributed by atoms with Crippen LogP contribution >= 0.6 is 15.9 Å². The highest BCUT2D eigenvalue weighted by atomic mass is 79.9. The number of halogens is 1. The third-order valence-electron chi connectivity index (χ3n) is 6.28. The first kappa shape index (κ1) is 32.1. The molecule has 0 spiro atoms. The molecule has 216 valence electrons. The van der Waals surface area contributed by atoms with E-state index in [1.165, 1.54) is 82.3 Å². The maximum atomic E-state index is 10.7. The molecule has 2 aromatic carbocycles. The van der Waals surface area contributed by atoms with Crippen LogP contribution in [-0.4, -0.2) is 52.9 Å². The topological polar surface area (TPSA) is 160 Å². The third-order valence-corrected chi connectivity index (χ3v) is 6.84. The lowest BCUT2D eigenvalue weighted by Crippen LogP contribution is -2.21. The van der Waals surface area contributed by atoms with Gasteiger partial charge in [0.15, 0.2) is 0 Å². The predicted molar refractivity (Wildman–Crippen MR) is 158 cm³/mol. The molecular formula is C27H40BrN5O6. The van der Waals surface area contributed by atoms with Crippen LogP contribution in [-0.2, 0) is 0 Å². The van der Waals surface area contributed by atoms with Crippen molar-refractivity contribution in [1.82, 2.24) is 4.90 Å². The number of likely N-dealkylation sites (tertiary alicyclic amines) is 1. The summed E-state index contributed by atoms with van der Waals surface area (Å²) in [6, 6.07) is 8.99. The monoisotopic (exact) mass is 609 g/mol. The molecule has 12 heteroatoms. The average Bonchev–Trinajstić information content (AvgIpc) is 3.66. The molecule has 2 aromatic rings. The third kappa shape index (κ3) is 12.5. The van der Waals surface area contributed by atoms with Gasteiger partial charge in [0.25, 0.3) is 11.4 Å². The van der Waals surface area contributed by atoms with Crippen LogP contribution in [0, 0.1) is 20.2 Å². The minimum absolute atomic E-state index is 0.1000. The van der Waals surface area contributed by atoms with Crippen molar-refractivity contribution in [3.8, 4) is 11.5 Å². The van der Waals surface area contributed by atoms with Crippen molar-refractivity contribution in [1.29, 1.82) is 0 Å². The molecule has 0 aromatic heterocycles. The Morgan fingerprint density at radius 1 is 0.744 bits per heavy atom. The van der Waals surface area contributed by atoms with E-state index in [2.05, 4.69) is 20.8 Å². The minimum Gasteiger partial charge on any atom is -0.493 e. The number of nitro groups is 2. The lowest BCUT2D eigenvalue weighted by Gasteiger charge is -2.14. The van der Waals surface area contributed by atoms with E-state index < -0.39 is 9.85 Å². The molecule has 2 fully saturated rings. The van der Waals surface area contributed by atoms with Crippen LogP contribution in [0.25, 0.3) is 0 Å². The lowest BCUT2D eigenvalue weighted by molar-refractivity contribution is -0.384. The van der Waals surface area contributed by atoms with Crippen LogP contribution in [0.2, 0.25) is 0 Å². The molecule has 0 bridgehead atoms. The number of anilines is 2. The molecule has 2 aliphatic rings. The van der Waals surface area contributed by atoms with Gasteiger partial charge in [-0.25, -0.2) is 0 Å². The van der Waals surface area contributed by atoms with Gasteiger partial charge in [0.2, 0.25) is 0 Å². The van der Waals surface area contributed by atoms with Gasteiger partial charge >= 0.3 is 0 Å². The van der Waals surface area contributed by atoms with Gasteiger partial charge in [0, 0.05) is 11.9 Å². The predicted octanol–water partition coefficient (Wildman–Crippen LogP) is 6.33. The Morgan fingerprint density at radius 2 is 1.18 bits per heavy atom. The molecule has 11 nitrogen and oxygen atoms in total. The number of nitrogen functional groups attached to an aromatic ring is 2. The summed E-state index contributed by atoms with van der Waals surface area (Å²) in [7, 11) is 0. The van der Waals surface area contributed by atoms with Crippen LogP contribution < -0.4 is 20.9 Å². The Balaban J connectivity index is 0.000000236. The Bertz CT molecular complexity index is 1020. The highest BCUT2D eigenvalue weighted by Crippen LogP contribution is 2.27. The number of rotatable bonds is 11. The number of nitrogens with two attached hydrogens (primary N) is 2. The van der Waals surface area contributed by atoms with Crippen LogP contribution in [0.4, 0.5) is 22.7 Å². The second kappa shape index (κ2) is 18.2. The van der Waals surface area contributed by atoms with Gasteiger partial charge in [-0.3, -0.25) is 20.2 Å². The summed E-state index contributed by atoms with van der Waals surface area (Å²) in [5.41, 5.74) is 11.1. The van der Waals surface area contributed by atoms with Gasteiger partial charge < -0.3 is 25.8 Å². The fraction of sp³-hybridized carbons (Fsp3) is 0.556. The number of hydrogen-bond acceptors (Lipinski definition) is 9. The van der Waals surface area contributed by atoms with Crippen molar-refractivity contribution in [2.45, 2.75) is 57.8 Å². The van der Waals surface area contributed by atoms with E-state index in [0.29, 0.717) is 24.7 Å². The second-order valence-electron chi connectivity index (χ2n) is 9.36. The maximum Gasteiger partial charge on any atom is 0.295 e. The van der Waals surface area contributed by atoms with E-state index >= 15 is 0 Å². The zero-order valence-corrected chi connectivity index (χ0v) is 24.0. The summed E-state index contributed by atoms with van der Waals surface area (Å²) in [4.78, 5) is 22.7. The van der Waals surface area contributed by atoms with E-state index in [4.69, 9.17) is 20.9 Å². The summed E-state index contributed by atoms with van der Waals surface area (Å²) in [5.74, 6) is 0.971. The molecule has 0 atom stereocenters. The molecule has 1 heterocycles. The Morgan fingerprint density at radius 3 is 1.59 bits per heavy atom. The Labute approximate surface area is 238 Å². The number of hydrogen-bond donors (Lipinski definition) is 2. The van der Waals surface area contributed by atoms with E-state index in [9.17, 15) is 20.2 Å². The molecule has 0 amide bonds. The standard InChI is InChI=1S/C13H19N3O3.C9H11BrN2O3.C5H10/c14-12-5-4-11(10-13(12)16(17)18)19-9-3-8-15-6-1-2-7-15;10-4-1-5-15-7-2-3-8(11)9(6-7)12(13)14;1-2-4-5-3-1/h4-5,10H,1-3,6-9,14H2;2-3,6H,1,4-5,11H2;1-5H2. The molecule has 1 saturated heterocycles. The average molecular weight is 611 g/mol. The molecule has 0 radical (unpaired) electrons. The zero-order valence-electron chi connectivity index (χ0n) is 22.4. The first-order chi connectivity index (χ1) is 18.8. The first-order valence-electron chi connectivity index (χ1n) is 13.4. The zero-order chi connectivity index (χ0) is 28.5. The summed E-state index contributed by atoms with van der Waals surface area (Å²) >= 11 is 3.26. The molecule has 1 saturated carbocycles. The summed E-state index contributed by atoms with van der Waals surface area (Å²) in [6.07, 6.45) is 11.8. The van der Waals surface area contributed by atoms with Crippen LogP contribution in [0.1, 0.15) is 57.8 Å². The van der Waals surface area contributed by atoms with E-state index in [1.54, 1.807) is 12.1 Å². The molecule has 0 unspecified atom stereocenters. The number of benzene rings is 2. The van der Waals surface area contributed by atoms with Crippen LogP contribution in [0.15, 0.2) is 36.4 Å². The maximum absolute atomic E-state index is 10.7. The van der Waals surface area contributed by atoms with Gasteiger partial charge in [0.1, 0.15) is 22.9 Å². The van der Waals surface area contributed by atoms with Crippen LogP contribution in [0.5, 0.6) is 11.5 Å².